The first-order valence-electron chi connectivity index (χ1n) is 15.6. The van der Waals surface area contributed by atoms with Crippen LogP contribution in [-0.2, 0) is 0 Å². The fraction of sp³-hybridized carbons (Fsp3) is 0.150. The predicted molar refractivity (Wildman–Crippen MR) is 188 cm³/mol. The molecular formula is C40H34FNO4S. The van der Waals surface area contributed by atoms with Crippen LogP contribution < -0.4 is 9.64 Å². The SMILES string of the molecule is CCCCOc1cc(-c2cccc(O)c2)ccc1[C@@H]1[C@@H](/C=C/C(=O)c2ccc(F)cc2)SC(=O)N1c1ccc(-c2ccccc2)cc1. The minimum atomic E-state index is -0.498. The molecular weight excluding hydrogens is 610 g/mol. The molecule has 0 spiro atoms. The predicted octanol–water partition coefficient (Wildman–Crippen LogP) is 10.3. The number of unbranched alkanes of at least 4 members (excludes halogenated alkanes) is 1. The van der Waals surface area contributed by atoms with Gasteiger partial charge in [-0.15, -0.1) is 0 Å². The maximum absolute atomic E-state index is 13.8. The number of ether oxygens (including phenoxy) is 1. The molecule has 47 heavy (non-hydrogen) atoms. The number of benzene rings is 5. The number of nitrogens with zero attached hydrogens (tertiary/aromatic N) is 1. The summed E-state index contributed by atoms with van der Waals surface area (Å²) in [5.41, 5.74) is 5.70. The summed E-state index contributed by atoms with van der Waals surface area (Å²) in [6, 6.07) is 35.8. The largest absolute Gasteiger partial charge is 0.508 e. The van der Waals surface area contributed by atoms with Crippen molar-refractivity contribution in [3.05, 3.63) is 150 Å². The van der Waals surface area contributed by atoms with E-state index in [1.165, 1.54) is 30.3 Å². The molecule has 236 valence electrons. The number of ketones is 1. The molecule has 1 heterocycles. The second-order valence-electron chi connectivity index (χ2n) is 11.3. The maximum Gasteiger partial charge on any atom is 0.287 e. The van der Waals surface area contributed by atoms with Crippen molar-refractivity contribution >= 4 is 28.5 Å². The fourth-order valence-electron chi connectivity index (χ4n) is 5.66. The lowest BCUT2D eigenvalue weighted by Gasteiger charge is -2.29. The lowest BCUT2D eigenvalue weighted by molar-refractivity contribution is 0.104. The van der Waals surface area contributed by atoms with Crippen molar-refractivity contribution in [2.75, 3.05) is 11.5 Å². The zero-order valence-electron chi connectivity index (χ0n) is 25.9. The van der Waals surface area contributed by atoms with E-state index in [4.69, 9.17) is 4.74 Å². The number of carbonyl (C=O) groups is 2. The molecule has 1 saturated heterocycles. The lowest BCUT2D eigenvalue weighted by atomic mass is 9.95. The van der Waals surface area contributed by atoms with Crippen molar-refractivity contribution < 1.29 is 23.8 Å². The monoisotopic (exact) mass is 643 g/mol. The van der Waals surface area contributed by atoms with Gasteiger partial charge in [-0.25, -0.2) is 4.39 Å². The van der Waals surface area contributed by atoms with Crippen LogP contribution in [0, 0.1) is 5.82 Å². The van der Waals surface area contributed by atoms with Crippen LogP contribution in [0.1, 0.15) is 41.7 Å². The van der Waals surface area contributed by atoms with Crippen molar-refractivity contribution in [3.8, 4) is 33.8 Å². The molecule has 0 saturated carbocycles. The summed E-state index contributed by atoms with van der Waals surface area (Å²) in [7, 11) is 0. The Morgan fingerprint density at radius 1 is 0.851 bits per heavy atom. The van der Waals surface area contributed by atoms with Gasteiger partial charge in [0.25, 0.3) is 5.24 Å². The van der Waals surface area contributed by atoms with Crippen LogP contribution in [0.15, 0.2) is 133 Å². The molecule has 1 fully saturated rings. The van der Waals surface area contributed by atoms with E-state index in [1.807, 2.05) is 78.9 Å². The first kappa shape index (κ1) is 31.8. The number of phenols is 1. The fourth-order valence-corrected chi connectivity index (χ4v) is 6.78. The van der Waals surface area contributed by atoms with Crippen molar-refractivity contribution in [1.29, 1.82) is 0 Å². The van der Waals surface area contributed by atoms with Gasteiger partial charge in [0.15, 0.2) is 5.78 Å². The van der Waals surface area contributed by atoms with Crippen molar-refractivity contribution in [2.45, 2.75) is 31.1 Å². The van der Waals surface area contributed by atoms with Gasteiger partial charge >= 0.3 is 0 Å². The molecule has 0 radical (unpaired) electrons. The van der Waals surface area contributed by atoms with Gasteiger partial charge in [0, 0.05) is 16.8 Å². The number of halogens is 1. The summed E-state index contributed by atoms with van der Waals surface area (Å²) in [6.45, 7) is 2.59. The highest BCUT2D eigenvalue weighted by atomic mass is 32.2. The number of aromatic hydroxyl groups is 1. The van der Waals surface area contributed by atoms with Crippen LogP contribution >= 0.6 is 11.8 Å². The highest BCUT2D eigenvalue weighted by molar-refractivity contribution is 8.15. The molecule has 1 N–H and O–H groups in total. The number of allylic oxidation sites excluding steroid dienone is 1. The third kappa shape index (κ3) is 7.31. The molecule has 2 atom stereocenters. The standard InChI is InChI=1S/C40H34FNO4S/c1-2-3-24-46-37-26-31(30-10-7-11-34(43)25-30)16-21-35(37)39-38(23-22-36(44)29-12-17-32(41)18-13-29)47-40(45)42(39)33-19-14-28(15-20-33)27-8-5-4-6-9-27/h4-23,25-26,38-39,43H,2-3,24H2,1H3/b23-22+/t38-,39-/m1/s1. The molecule has 0 unspecified atom stereocenters. The molecule has 5 aromatic carbocycles. The first-order valence-corrected chi connectivity index (χ1v) is 16.5. The lowest BCUT2D eigenvalue weighted by Crippen LogP contribution is -2.29. The topological polar surface area (TPSA) is 66.8 Å². The van der Waals surface area contributed by atoms with Gasteiger partial charge < -0.3 is 9.84 Å². The smallest absolute Gasteiger partial charge is 0.287 e. The van der Waals surface area contributed by atoms with E-state index in [9.17, 15) is 19.1 Å². The molecule has 6 rings (SSSR count). The van der Waals surface area contributed by atoms with E-state index in [-0.39, 0.29) is 16.8 Å². The number of hydrogen-bond acceptors (Lipinski definition) is 5. The Labute approximate surface area is 278 Å². The van der Waals surface area contributed by atoms with Crippen LogP contribution in [0.4, 0.5) is 14.9 Å². The van der Waals surface area contributed by atoms with Crippen molar-refractivity contribution in [2.24, 2.45) is 0 Å². The Morgan fingerprint density at radius 2 is 1.53 bits per heavy atom. The number of carbonyl (C=O) groups excluding carboxylic acids is 2. The zero-order chi connectivity index (χ0) is 32.8. The summed E-state index contributed by atoms with van der Waals surface area (Å²) in [4.78, 5) is 28.7. The summed E-state index contributed by atoms with van der Waals surface area (Å²) in [6.07, 6.45) is 5.03. The van der Waals surface area contributed by atoms with Gasteiger partial charge in [-0.05, 0) is 89.3 Å². The van der Waals surface area contributed by atoms with Gasteiger partial charge in [-0.2, -0.15) is 0 Å². The maximum atomic E-state index is 13.8. The van der Waals surface area contributed by atoms with E-state index in [2.05, 4.69) is 6.92 Å². The molecule has 5 aromatic rings. The summed E-state index contributed by atoms with van der Waals surface area (Å²) >= 11 is 1.15. The molecule has 7 heteroatoms. The average molecular weight is 644 g/mol. The number of hydrogen-bond donors (Lipinski definition) is 1. The van der Waals surface area contributed by atoms with E-state index < -0.39 is 17.1 Å². The van der Waals surface area contributed by atoms with Crippen LogP contribution in [0.3, 0.4) is 0 Å². The van der Waals surface area contributed by atoms with Gasteiger partial charge in [0.2, 0.25) is 0 Å². The van der Waals surface area contributed by atoms with E-state index in [0.717, 1.165) is 58.1 Å². The molecule has 1 aliphatic heterocycles. The molecule has 1 aliphatic rings. The summed E-state index contributed by atoms with van der Waals surface area (Å²) in [5, 5.41) is 9.55. The first-order chi connectivity index (χ1) is 22.9. The summed E-state index contributed by atoms with van der Waals surface area (Å²) in [5.74, 6) is 0.107. The molecule has 5 nitrogen and oxygen atoms in total. The molecule has 0 bridgehead atoms. The Balaban J connectivity index is 1.42. The van der Waals surface area contributed by atoms with E-state index in [0.29, 0.717) is 17.9 Å². The number of anilines is 1. The van der Waals surface area contributed by atoms with Gasteiger partial charge in [-0.1, -0.05) is 97.9 Å². The van der Waals surface area contributed by atoms with Crippen LogP contribution in [-0.4, -0.2) is 28.0 Å². The van der Waals surface area contributed by atoms with Crippen molar-refractivity contribution in [3.63, 3.8) is 0 Å². The Bertz CT molecular complexity index is 1890. The molecule has 1 amide bonds. The zero-order valence-corrected chi connectivity index (χ0v) is 26.7. The van der Waals surface area contributed by atoms with Crippen molar-refractivity contribution in [1.82, 2.24) is 0 Å². The Morgan fingerprint density at radius 3 is 2.26 bits per heavy atom. The second kappa shape index (κ2) is 14.5. The van der Waals surface area contributed by atoms with Gasteiger partial charge in [-0.3, -0.25) is 14.5 Å². The number of rotatable bonds is 11. The highest BCUT2D eigenvalue weighted by Gasteiger charge is 2.43. The van der Waals surface area contributed by atoms with E-state index >= 15 is 0 Å². The molecule has 0 aromatic heterocycles. The van der Waals surface area contributed by atoms with Gasteiger partial charge in [0.1, 0.15) is 17.3 Å². The van der Waals surface area contributed by atoms with E-state index in [1.54, 1.807) is 29.2 Å². The minimum absolute atomic E-state index is 0.150. The van der Waals surface area contributed by atoms with Crippen LogP contribution in [0.2, 0.25) is 0 Å². The third-order valence-electron chi connectivity index (χ3n) is 8.11. The number of phenolic OH excluding ortho intramolecular Hbond substituents is 1. The number of thioether (sulfide) groups is 1. The Hall–Kier alpha value is -5.14. The molecule has 0 aliphatic carbocycles. The third-order valence-corrected chi connectivity index (χ3v) is 9.19. The normalized spacial score (nSPS) is 16.1. The van der Waals surface area contributed by atoms with Crippen LogP contribution in [0.5, 0.6) is 11.5 Å². The average Bonchev–Trinajstić information content (AvgIpc) is 3.43. The Kier molecular flexibility index (Phi) is 9.83. The second-order valence-corrected chi connectivity index (χ2v) is 12.4. The summed E-state index contributed by atoms with van der Waals surface area (Å²) < 4.78 is 19.9. The van der Waals surface area contributed by atoms with Crippen LogP contribution in [0.25, 0.3) is 22.3 Å². The van der Waals surface area contributed by atoms with Gasteiger partial charge in [0.05, 0.1) is 17.9 Å². The number of amides is 1. The quantitative estimate of drug-likeness (QED) is 0.0881. The minimum Gasteiger partial charge on any atom is -0.508 e. The highest BCUT2D eigenvalue weighted by Crippen LogP contribution is 2.48.